The van der Waals surface area contributed by atoms with E-state index in [-0.39, 0.29) is 0 Å². The second-order valence-corrected chi connectivity index (χ2v) is 10.1. The van der Waals surface area contributed by atoms with Crippen LogP contribution >= 0.6 is 11.3 Å². The van der Waals surface area contributed by atoms with Crippen LogP contribution in [0.25, 0.3) is 0 Å². The smallest absolute Gasteiger partial charge is 0.252 e. The van der Waals surface area contributed by atoms with Gasteiger partial charge >= 0.3 is 0 Å². The van der Waals surface area contributed by atoms with Crippen molar-refractivity contribution in [3.05, 3.63) is 29.1 Å². The molecule has 2 fully saturated rings. The molecule has 0 aliphatic carbocycles. The Morgan fingerprint density at radius 3 is 2.07 bits per heavy atom. The molecule has 0 aromatic carbocycles. The van der Waals surface area contributed by atoms with E-state index >= 15 is 0 Å². The third-order valence-corrected chi connectivity index (χ3v) is 8.71. The summed E-state index contributed by atoms with van der Waals surface area (Å²) in [5.41, 5.74) is 0. The first kappa shape index (κ1) is 19.6. The molecule has 4 rings (SSSR count). The highest BCUT2D eigenvalue weighted by Gasteiger charge is 2.30. The molecule has 2 aliphatic heterocycles. The number of piperazine rings is 1. The number of hydrogen-bond donors (Lipinski definition) is 0. The van der Waals surface area contributed by atoms with Crippen LogP contribution in [0.15, 0.2) is 28.5 Å². The van der Waals surface area contributed by atoms with Crippen LogP contribution in [0, 0.1) is 0 Å². The monoisotopic (exact) mass is 423 g/mol. The second-order valence-electron chi connectivity index (χ2n) is 6.81. The lowest BCUT2D eigenvalue weighted by atomic mass is 10.3. The number of rotatable bonds is 5. The molecule has 2 aromatic heterocycles. The first-order valence-corrected chi connectivity index (χ1v) is 11.8. The third kappa shape index (κ3) is 4.00. The second kappa shape index (κ2) is 8.32. The van der Waals surface area contributed by atoms with Gasteiger partial charge in [-0.05, 0) is 30.7 Å². The van der Waals surface area contributed by atoms with Crippen molar-refractivity contribution in [1.29, 1.82) is 0 Å². The van der Waals surface area contributed by atoms with E-state index in [9.17, 15) is 8.42 Å². The molecule has 0 saturated carbocycles. The summed E-state index contributed by atoms with van der Waals surface area (Å²) < 4.78 is 33.1. The number of ether oxygens (including phenoxy) is 1. The minimum Gasteiger partial charge on any atom is -0.378 e. The summed E-state index contributed by atoms with van der Waals surface area (Å²) in [5, 5.41) is 8.72. The zero-order valence-corrected chi connectivity index (χ0v) is 17.6. The van der Waals surface area contributed by atoms with Crippen LogP contribution in [-0.4, -0.2) is 75.4 Å². The predicted octanol–water partition coefficient (Wildman–Crippen LogP) is 1.45. The minimum absolute atomic E-state index is 0.437. The topological polar surface area (TPSA) is 78.9 Å². The van der Waals surface area contributed by atoms with Gasteiger partial charge < -0.3 is 14.5 Å². The fourth-order valence-corrected chi connectivity index (χ4v) is 6.29. The van der Waals surface area contributed by atoms with Crippen molar-refractivity contribution in [1.82, 2.24) is 14.5 Å². The number of hydrogen-bond acceptors (Lipinski definition) is 8. The van der Waals surface area contributed by atoms with Crippen LogP contribution in [0.2, 0.25) is 0 Å². The molecule has 0 bridgehead atoms. The van der Waals surface area contributed by atoms with Crippen molar-refractivity contribution >= 4 is 33.0 Å². The SMILES string of the molecule is CCc1ccc(S(=O)(=O)N2CCN(c3ccc(N4CCOCC4)nn3)CC2)s1. The lowest BCUT2D eigenvalue weighted by molar-refractivity contribution is 0.122. The molecule has 0 atom stereocenters. The fourth-order valence-electron chi connectivity index (χ4n) is 3.42. The van der Waals surface area contributed by atoms with E-state index in [1.54, 1.807) is 10.4 Å². The lowest BCUT2D eigenvalue weighted by Gasteiger charge is -2.34. The quantitative estimate of drug-likeness (QED) is 0.720. The predicted molar refractivity (Wildman–Crippen MR) is 110 cm³/mol. The van der Waals surface area contributed by atoms with Crippen molar-refractivity contribution in [2.75, 3.05) is 62.3 Å². The lowest BCUT2D eigenvalue weighted by Crippen LogP contribution is -2.48. The van der Waals surface area contributed by atoms with E-state index in [1.807, 2.05) is 25.1 Å². The number of aromatic nitrogens is 2. The van der Waals surface area contributed by atoms with E-state index in [0.29, 0.717) is 43.6 Å². The molecular weight excluding hydrogens is 398 g/mol. The highest BCUT2D eigenvalue weighted by Crippen LogP contribution is 2.26. The summed E-state index contributed by atoms with van der Waals surface area (Å²) >= 11 is 1.37. The van der Waals surface area contributed by atoms with Gasteiger partial charge in [0.15, 0.2) is 11.6 Å². The molecule has 4 heterocycles. The Morgan fingerprint density at radius 2 is 1.54 bits per heavy atom. The molecule has 0 unspecified atom stereocenters. The van der Waals surface area contributed by atoms with Crippen LogP contribution in [0.1, 0.15) is 11.8 Å². The maximum Gasteiger partial charge on any atom is 0.252 e. The Bertz CT molecular complexity index is 886. The molecule has 0 amide bonds. The zero-order chi connectivity index (χ0) is 19.6. The van der Waals surface area contributed by atoms with Crippen LogP contribution in [0.3, 0.4) is 0 Å². The molecule has 2 aliphatic rings. The summed E-state index contributed by atoms with van der Waals surface area (Å²) in [6.07, 6.45) is 0.854. The molecule has 0 N–H and O–H groups in total. The van der Waals surface area contributed by atoms with Crippen LogP contribution < -0.4 is 9.80 Å². The Hall–Kier alpha value is -1.75. The van der Waals surface area contributed by atoms with E-state index < -0.39 is 10.0 Å². The van der Waals surface area contributed by atoms with Gasteiger partial charge in [-0.15, -0.1) is 21.5 Å². The molecular formula is C18H25N5O3S2. The maximum atomic E-state index is 12.9. The average molecular weight is 424 g/mol. The van der Waals surface area contributed by atoms with Crippen LogP contribution in [0.5, 0.6) is 0 Å². The van der Waals surface area contributed by atoms with Crippen molar-refractivity contribution in [2.24, 2.45) is 0 Å². The number of sulfonamides is 1. The van der Waals surface area contributed by atoms with Gasteiger partial charge in [0.2, 0.25) is 0 Å². The minimum atomic E-state index is -3.41. The molecule has 2 saturated heterocycles. The first-order chi connectivity index (χ1) is 13.6. The van der Waals surface area contributed by atoms with Gasteiger partial charge in [0.25, 0.3) is 10.0 Å². The Balaban J connectivity index is 1.38. The Morgan fingerprint density at radius 1 is 0.929 bits per heavy atom. The van der Waals surface area contributed by atoms with Gasteiger partial charge in [-0.3, -0.25) is 0 Å². The summed E-state index contributed by atoms with van der Waals surface area (Å²) in [4.78, 5) is 5.34. The molecule has 10 heteroatoms. The van der Waals surface area contributed by atoms with E-state index in [2.05, 4.69) is 20.0 Å². The van der Waals surface area contributed by atoms with Crippen molar-refractivity contribution < 1.29 is 13.2 Å². The standard InChI is InChI=1S/C18H25N5O3S2/c1-2-15-3-6-18(27-15)28(24,25)23-9-7-21(8-10-23)16-4-5-17(20-19-16)22-11-13-26-14-12-22/h3-6H,2,7-14H2,1H3. The largest absolute Gasteiger partial charge is 0.378 e. The normalized spacial score (nSPS) is 19.2. The molecule has 8 nitrogen and oxygen atoms in total. The van der Waals surface area contributed by atoms with Crippen molar-refractivity contribution in [2.45, 2.75) is 17.6 Å². The summed E-state index contributed by atoms with van der Waals surface area (Å²) in [6, 6.07) is 7.57. The van der Waals surface area contributed by atoms with E-state index in [4.69, 9.17) is 4.74 Å². The highest BCUT2D eigenvalue weighted by atomic mass is 32.2. The molecule has 2 aromatic rings. The van der Waals surface area contributed by atoms with E-state index in [0.717, 1.165) is 36.0 Å². The maximum absolute atomic E-state index is 12.9. The molecule has 28 heavy (non-hydrogen) atoms. The fraction of sp³-hybridized carbons (Fsp3) is 0.556. The van der Waals surface area contributed by atoms with Crippen molar-refractivity contribution in [3.8, 4) is 0 Å². The number of morpholine rings is 1. The van der Waals surface area contributed by atoms with Crippen molar-refractivity contribution in [3.63, 3.8) is 0 Å². The molecule has 152 valence electrons. The van der Waals surface area contributed by atoms with Crippen LogP contribution in [0.4, 0.5) is 11.6 Å². The summed E-state index contributed by atoms with van der Waals surface area (Å²) in [6.45, 7) is 7.23. The number of aryl methyl sites for hydroxylation is 1. The Kier molecular flexibility index (Phi) is 5.81. The number of nitrogens with zero attached hydrogens (tertiary/aromatic N) is 5. The van der Waals surface area contributed by atoms with Crippen LogP contribution in [-0.2, 0) is 21.2 Å². The summed E-state index contributed by atoms with van der Waals surface area (Å²) in [7, 11) is -3.41. The summed E-state index contributed by atoms with van der Waals surface area (Å²) in [5.74, 6) is 1.65. The van der Waals surface area contributed by atoms with Gasteiger partial charge in [-0.2, -0.15) is 4.31 Å². The number of thiophene rings is 1. The van der Waals surface area contributed by atoms with Gasteiger partial charge in [-0.25, -0.2) is 8.42 Å². The Labute approximate surface area is 169 Å². The van der Waals surface area contributed by atoms with Gasteiger partial charge in [0, 0.05) is 44.1 Å². The third-order valence-electron chi connectivity index (χ3n) is 5.11. The van der Waals surface area contributed by atoms with E-state index in [1.165, 1.54) is 11.3 Å². The highest BCUT2D eigenvalue weighted by molar-refractivity contribution is 7.91. The molecule has 0 spiro atoms. The van der Waals surface area contributed by atoms with Gasteiger partial charge in [0.1, 0.15) is 4.21 Å². The van der Waals surface area contributed by atoms with Gasteiger partial charge in [-0.1, -0.05) is 6.92 Å². The van der Waals surface area contributed by atoms with Gasteiger partial charge in [0.05, 0.1) is 13.2 Å². The zero-order valence-electron chi connectivity index (χ0n) is 16.0. The molecule has 0 radical (unpaired) electrons. The first-order valence-electron chi connectivity index (χ1n) is 9.58. The average Bonchev–Trinajstić information content (AvgIpc) is 3.25. The number of anilines is 2.